The maximum absolute atomic E-state index is 13.7. The third-order valence-corrected chi connectivity index (χ3v) is 6.71. The molecule has 0 spiro atoms. The predicted molar refractivity (Wildman–Crippen MR) is 133 cm³/mol. The van der Waals surface area contributed by atoms with Crippen LogP contribution in [-0.2, 0) is 0 Å². The number of nitrogens with one attached hydrogen (secondary N) is 2. The van der Waals surface area contributed by atoms with Gasteiger partial charge in [-0.05, 0) is 30.7 Å². The molecule has 0 saturated carbocycles. The molecule has 0 bridgehead atoms. The first kappa shape index (κ1) is 21.2. The number of likely N-dealkylation sites (tertiary alicyclic amines) is 1. The minimum absolute atomic E-state index is 0.0186. The Bertz CT molecular complexity index is 1290. The second-order valence-electron chi connectivity index (χ2n) is 8.05. The van der Waals surface area contributed by atoms with Crippen molar-refractivity contribution in [3.63, 3.8) is 0 Å². The number of aromatic nitrogens is 2. The van der Waals surface area contributed by atoms with E-state index >= 15 is 0 Å². The molecule has 0 unspecified atom stereocenters. The van der Waals surface area contributed by atoms with E-state index in [0.717, 1.165) is 41.2 Å². The van der Waals surface area contributed by atoms with Gasteiger partial charge in [-0.2, -0.15) is 0 Å². The molecule has 4 aromatic rings. The van der Waals surface area contributed by atoms with E-state index in [-0.39, 0.29) is 11.9 Å². The van der Waals surface area contributed by atoms with Gasteiger partial charge in [-0.25, -0.2) is 4.98 Å². The van der Waals surface area contributed by atoms with Gasteiger partial charge in [0.1, 0.15) is 11.4 Å². The number of thiazole rings is 1. The predicted octanol–water partition coefficient (Wildman–Crippen LogP) is 4.84. The molecule has 33 heavy (non-hydrogen) atoms. The van der Waals surface area contributed by atoms with Crippen molar-refractivity contribution in [1.82, 2.24) is 19.6 Å². The van der Waals surface area contributed by atoms with Crippen LogP contribution in [0.15, 0.2) is 84.5 Å². The summed E-state index contributed by atoms with van der Waals surface area (Å²) in [7, 11) is 0. The van der Waals surface area contributed by atoms with E-state index in [2.05, 4.69) is 5.32 Å². The molecule has 2 aromatic heterocycles. The lowest BCUT2D eigenvalue weighted by Crippen LogP contribution is -2.41. The van der Waals surface area contributed by atoms with E-state index in [1.807, 2.05) is 87.7 Å². The van der Waals surface area contributed by atoms with Crippen LogP contribution in [0.2, 0.25) is 0 Å². The molecule has 1 fully saturated rings. The molecular weight excluding hydrogens is 430 g/mol. The Morgan fingerprint density at radius 3 is 2.70 bits per heavy atom. The topological polar surface area (TPSA) is 73.5 Å². The zero-order valence-corrected chi connectivity index (χ0v) is 19.0. The summed E-state index contributed by atoms with van der Waals surface area (Å²) in [6, 6.07) is 19.6. The molecule has 1 amide bonds. The Kier molecular flexibility index (Phi) is 6.04. The average molecular weight is 456 g/mol. The monoisotopic (exact) mass is 455 g/mol. The van der Waals surface area contributed by atoms with Crippen molar-refractivity contribution in [2.45, 2.75) is 18.9 Å². The molecule has 1 saturated heterocycles. The van der Waals surface area contributed by atoms with E-state index in [9.17, 15) is 4.79 Å². The smallest absolute Gasteiger partial charge is 0.273 e. The van der Waals surface area contributed by atoms with Crippen LogP contribution in [0.1, 0.15) is 28.9 Å². The number of allylic oxidation sites excluding steroid dienone is 1. The summed E-state index contributed by atoms with van der Waals surface area (Å²) in [5, 5.41) is 13.4. The zero-order chi connectivity index (χ0) is 22.6. The van der Waals surface area contributed by atoms with Gasteiger partial charge in [0.25, 0.3) is 5.91 Å². The van der Waals surface area contributed by atoms with Crippen LogP contribution in [-0.4, -0.2) is 45.0 Å². The molecule has 5 rings (SSSR count). The minimum Gasteiger partial charge on any atom is -0.389 e. The number of carbonyl (C=O) groups is 1. The Hall–Kier alpha value is -3.71. The summed E-state index contributed by atoms with van der Waals surface area (Å²) in [6.07, 6.45) is 7.42. The number of fused-ring (bicyclic) bond motifs is 1. The number of nitrogens with zero attached hydrogens (tertiary/aromatic N) is 3. The largest absolute Gasteiger partial charge is 0.389 e. The van der Waals surface area contributed by atoms with Crippen molar-refractivity contribution in [1.29, 1.82) is 5.41 Å². The van der Waals surface area contributed by atoms with E-state index in [1.165, 1.54) is 11.3 Å². The fourth-order valence-corrected chi connectivity index (χ4v) is 5.01. The van der Waals surface area contributed by atoms with Gasteiger partial charge in [-0.15, -0.1) is 11.3 Å². The quantitative estimate of drug-likeness (QED) is 0.392. The lowest BCUT2D eigenvalue weighted by molar-refractivity contribution is 0.0731. The van der Waals surface area contributed by atoms with Crippen molar-refractivity contribution in [2.75, 3.05) is 13.1 Å². The summed E-state index contributed by atoms with van der Waals surface area (Å²) in [5.41, 5.74) is 3.65. The highest BCUT2D eigenvalue weighted by Crippen LogP contribution is 2.29. The Labute approximate surface area is 196 Å². The summed E-state index contributed by atoms with van der Waals surface area (Å²) in [5.74, 6) is 0.0186. The maximum Gasteiger partial charge on any atom is 0.273 e. The molecule has 7 heteroatoms. The molecular formula is C26H25N5OS. The van der Waals surface area contributed by atoms with Crippen LogP contribution >= 0.6 is 11.3 Å². The maximum atomic E-state index is 13.7. The summed E-state index contributed by atoms with van der Waals surface area (Å²) in [4.78, 5) is 21.3. The molecule has 2 N–H and O–H groups in total. The first-order chi connectivity index (χ1) is 16.2. The van der Waals surface area contributed by atoms with Crippen LogP contribution in [0, 0.1) is 5.41 Å². The summed E-state index contributed by atoms with van der Waals surface area (Å²) in [6.45, 7) is 1.39. The highest BCUT2D eigenvalue weighted by molar-refractivity contribution is 7.15. The Morgan fingerprint density at radius 1 is 1.15 bits per heavy atom. The molecule has 2 aromatic carbocycles. The molecule has 0 radical (unpaired) electrons. The Morgan fingerprint density at radius 2 is 1.91 bits per heavy atom. The fourth-order valence-electron chi connectivity index (χ4n) is 4.30. The molecule has 0 aliphatic carbocycles. The van der Waals surface area contributed by atoms with Crippen molar-refractivity contribution >= 4 is 27.9 Å². The van der Waals surface area contributed by atoms with Gasteiger partial charge in [0.2, 0.25) is 0 Å². The van der Waals surface area contributed by atoms with Crippen LogP contribution < -0.4 is 5.32 Å². The van der Waals surface area contributed by atoms with Crippen LogP contribution in [0.3, 0.4) is 0 Å². The lowest BCUT2D eigenvalue weighted by Gasteiger charge is -2.25. The summed E-state index contributed by atoms with van der Waals surface area (Å²) < 4.78 is 1.92. The van der Waals surface area contributed by atoms with Gasteiger partial charge in [0.05, 0.1) is 5.71 Å². The van der Waals surface area contributed by atoms with Gasteiger partial charge in [-0.3, -0.25) is 9.20 Å². The number of imidazole rings is 1. The molecule has 3 heterocycles. The number of rotatable bonds is 7. The van der Waals surface area contributed by atoms with Crippen molar-refractivity contribution in [2.24, 2.45) is 0 Å². The van der Waals surface area contributed by atoms with Gasteiger partial charge in [-0.1, -0.05) is 60.7 Å². The second kappa shape index (κ2) is 9.42. The fraction of sp³-hybridized carbons (Fsp3) is 0.192. The van der Waals surface area contributed by atoms with Crippen LogP contribution in [0.5, 0.6) is 0 Å². The lowest BCUT2D eigenvalue weighted by atomic mass is 10.1. The second-order valence-corrected chi connectivity index (χ2v) is 8.92. The number of hydrogen-bond acceptors (Lipinski definition) is 5. The number of hydrogen-bond donors (Lipinski definition) is 2. The van der Waals surface area contributed by atoms with Gasteiger partial charge >= 0.3 is 0 Å². The van der Waals surface area contributed by atoms with Crippen molar-refractivity contribution < 1.29 is 4.79 Å². The van der Waals surface area contributed by atoms with Gasteiger partial charge in [0.15, 0.2) is 4.96 Å². The van der Waals surface area contributed by atoms with E-state index in [1.54, 1.807) is 6.08 Å². The van der Waals surface area contributed by atoms with Crippen LogP contribution in [0.25, 0.3) is 16.2 Å². The third-order valence-electron chi connectivity index (χ3n) is 5.96. The Balaban J connectivity index is 1.32. The minimum atomic E-state index is 0.0186. The normalized spacial score (nSPS) is 16.0. The highest BCUT2D eigenvalue weighted by atomic mass is 32.1. The SMILES string of the molecule is N=C(/C=C\NC[C@@H]1CCCN1C(=O)c1c(-c2ccccc2)nc2sccn12)c1ccccc1. The average Bonchev–Trinajstić information content (AvgIpc) is 3.58. The number of carbonyl (C=O) groups excluding carboxylic acids is 1. The highest BCUT2D eigenvalue weighted by Gasteiger charge is 2.33. The van der Waals surface area contributed by atoms with E-state index in [4.69, 9.17) is 10.4 Å². The number of amides is 1. The molecule has 1 atom stereocenters. The van der Waals surface area contributed by atoms with E-state index < -0.39 is 0 Å². The zero-order valence-electron chi connectivity index (χ0n) is 18.1. The van der Waals surface area contributed by atoms with Gasteiger partial charge < -0.3 is 15.6 Å². The standard InChI is InChI=1S/C26H25N5OS/c27-22(19-8-3-1-4-9-19)13-14-28-18-21-12-7-15-30(21)25(32)24-23(20-10-5-2-6-11-20)29-26-31(24)16-17-33-26/h1-6,8-11,13-14,16-17,21,27-28H,7,12,15,18H2/b14-13-,27-22?/t21-/m0/s1. The van der Waals surface area contributed by atoms with E-state index in [0.29, 0.717) is 18.0 Å². The molecule has 1 aliphatic heterocycles. The van der Waals surface area contributed by atoms with Gasteiger partial charge in [0, 0.05) is 36.3 Å². The van der Waals surface area contributed by atoms with Crippen molar-refractivity contribution in [3.8, 4) is 11.3 Å². The first-order valence-corrected chi connectivity index (χ1v) is 12.0. The molecule has 166 valence electrons. The van der Waals surface area contributed by atoms with Crippen molar-refractivity contribution in [3.05, 3.63) is 95.8 Å². The number of benzene rings is 2. The first-order valence-electron chi connectivity index (χ1n) is 11.1. The summed E-state index contributed by atoms with van der Waals surface area (Å²) >= 11 is 1.53. The van der Waals surface area contributed by atoms with Crippen LogP contribution in [0.4, 0.5) is 0 Å². The molecule has 1 aliphatic rings. The molecule has 6 nitrogen and oxygen atoms in total. The third kappa shape index (κ3) is 4.32.